The molecule has 0 spiro atoms. The van der Waals surface area contributed by atoms with Gasteiger partial charge >= 0.3 is 0 Å². The van der Waals surface area contributed by atoms with E-state index in [0.29, 0.717) is 13.0 Å². The fourth-order valence-electron chi connectivity index (χ4n) is 1.37. The van der Waals surface area contributed by atoms with Gasteiger partial charge in [-0.05, 0) is 24.1 Å². The van der Waals surface area contributed by atoms with Crippen molar-refractivity contribution in [1.82, 2.24) is 5.32 Å². The smallest absolute Gasteiger partial charge is 0.216 e. The molecule has 0 aliphatic heterocycles. The van der Waals surface area contributed by atoms with Crippen LogP contribution in [0.2, 0.25) is 0 Å². The fourth-order valence-corrected chi connectivity index (χ4v) is 1.37. The zero-order valence-corrected chi connectivity index (χ0v) is 8.87. The molecule has 0 aliphatic rings. The highest BCUT2D eigenvalue weighted by molar-refractivity contribution is 6.33. The van der Waals surface area contributed by atoms with Crippen molar-refractivity contribution in [2.24, 2.45) is 0 Å². The molecule has 0 saturated heterocycles. The molecular formula is C10H14BNO3. The molecule has 1 amide bonds. The van der Waals surface area contributed by atoms with Gasteiger partial charge < -0.3 is 15.5 Å². The van der Waals surface area contributed by atoms with Crippen LogP contribution >= 0.6 is 0 Å². The average Bonchev–Trinajstić information content (AvgIpc) is 2.13. The van der Waals surface area contributed by atoms with Gasteiger partial charge in [-0.25, -0.2) is 0 Å². The summed E-state index contributed by atoms with van der Waals surface area (Å²) in [4.78, 5) is 10.6. The third-order valence-corrected chi connectivity index (χ3v) is 2.20. The predicted molar refractivity (Wildman–Crippen MR) is 60.3 cm³/mol. The molecule has 1 rings (SSSR count). The van der Waals surface area contributed by atoms with Gasteiger partial charge in [0.1, 0.15) is 7.85 Å². The number of carbonyl (C=O) groups excluding carboxylic acids is 1. The summed E-state index contributed by atoms with van der Waals surface area (Å²) >= 11 is 0. The maximum absolute atomic E-state index is 10.6. The molecule has 0 aromatic heterocycles. The second kappa shape index (κ2) is 4.73. The quantitative estimate of drug-likeness (QED) is 0.441. The molecule has 4 nitrogen and oxygen atoms in total. The molecule has 0 radical (unpaired) electrons. The van der Waals surface area contributed by atoms with Crippen molar-refractivity contribution in [3.8, 4) is 11.5 Å². The lowest BCUT2D eigenvalue weighted by Crippen LogP contribution is -2.24. The van der Waals surface area contributed by atoms with E-state index in [1.165, 1.54) is 19.1 Å². The third kappa shape index (κ3) is 3.20. The topological polar surface area (TPSA) is 69.6 Å². The van der Waals surface area contributed by atoms with E-state index in [1.807, 2.05) is 7.85 Å². The SMILES string of the molecule is Bc1cc(O)c(O)cc1CCNC(C)=O. The number of carbonyl (C=O) groups is 1. The van der Waals surface area contributed by atoms with Gasteiger partial charge in [0.25, 0.3) is 0 Å². The standard InChI is InChI=1S/C10H14BNO3/c1-6(13)12-3-2-7-4-9(14)10(15)5-8(7)11/h4-5,14-15H,2-3,11H2,1H3,(H,12,13). The number of aromatic hydroxyl groups is 2. The van der Waals surface area contributed by atoms with Crippen molar-refractivity contribution in [1.29, 1.82) is 0 Å². The van der Waals surface area contributed by atoms with Crippen LogP contribution in [0.3, 0.4) is 0 Å². The third-order valence-electron chi connectivity index (χ3n) is 2.20. The van der Waals surface area contributed by atoms with Crippen LogP contribution < -0.4 is 10.8 Å². The van der Waals surface area contributed by atoms with Gasteiger partial charge in [0.05, 0.1) is 0 Å². The normalized spacial score (nSPS) is 9.93. The number of phenols is 2. The lowest BCUT2D eigenvalue weighted by atomic mass is 9.88. The first-order valence-corrected chi connectivity index (χ1v) is 4.76. The minimum absolute atomic E-state index is 0.0735. The first-order valence-electron chi connectivity index (χ1n) is 4.76. The summed E-state index contributed by atoms with van der Waals surface area (Å²) in [6.45, 7) is 1.99. The van der Waals surface area contributed by atoms with E-state index >= 15 is 0 Å². The number of rotatable bonds is 3. The number of amides is 1. The summed E-state index contributed by atoms with van der Waals surface area (Å²) in [7, 11) is 1.85. The Kier molecular flexibility index (Phi) is 3.60. The zero-order chi connectivity index (χ0) is 11.4. The molecule has 0 heterocycles. The number of hydrogen-bond acceptors (Lipinski definition) is 3. The molecule has 15 heavy (non-hydrogen) atoms. The van der Waals surface area contributed by atoms with E-state index in [1.54, 1.807) is 0 Å². The van der Waals surface area contributed by atoms with Crippen molar-refractivity contribution in [2.75, 3.05) is 6.54 Å². The molecule has 80 valence electrons. The van der Waals surface area contributed by atoms with E-state index in [0.717, 1.165) is 11.0 Å². The van der Waals surface area contributed by atoms with Crippen LogP contribution in [0.4, 0.5) is 0 Å². The van der Waals surface area contributed by atoms with Gasteiger partial charge in [-0.2, -0.15) is 0 Å². The van der Waals surface area contributed by atoms with E-state index in [2.05, 4.69) is 5.32 Å². The van der Waals surface area contributed by atoms with Crippen molar-refractivity contribution in [3.05, 3.63) is 17.7 Å². The van der Waals surface area contributed by atoms with Crippen LogP contribution in [0.15, 0.2) is 12.1 Å². The van der Waals surface area contributed by atoms with Crippen molar-refractivity contribution in [2.45, 2.75) is 13.3 Å². The average molecular weight is 207 g/mol. The lowest BCUT2D eigenvalue weighted by Gasteiger charge is -2.08. The summed E-state index contributed by atoms with van der Waals surface area (Å²) in [5.74, 6) is -0.315. The molecular weight excluding hydrogens is 193 g/mol. The Morgan fingerprint density at radius 3 is 2.60 bits per heavy atom. The Bertz CT molecular complexity index is 379. The summed E-state index contributed by atoms with van der Waals surface area (Å²) < 4.78 is 0. The molecule has 0 bridgehead atoms. The highest BCUT2D eigenvalue weighted by Gasteiger charge is 2.05. The van der Waals surface area contributed by atoms with Crippen molar-refractivity contribution in [3.63, 3.8) is 0 Å². The Morgan fingerprint density at radius 2 is 2.00 bits per heavy atom. The van der Waals surface area contributed by atoms with Crippen LogP contribution in [0.1, 0.15) is 12.5 Å². The molecule has 3 N–H and O–H groups in total. The fraction of sp³-hybridized carbons (Fsp3) is 0.300. The highest BCUT2D eigenvalue weighted by atomic mass is 16.3. The minimum atomic E-state index is -0.126. The summed E-state index contributed by atoms with van der Waals surface area (Å²) in [6.07, 6.45) is 0.638. The number of benzene rings is 1. The van der Waals surface area contributed by atoms with E-state index in [4.69, 9.17) is 0 Å². The molecule has 5 heteroatoms. The van der Waals surface area contributed by atoms with Gasteiger partial charge in [0.15, 0.2) is 11.5 Å². The van der Waals surface area contributed by atoms with E-state index in [-0.39, 0.29) is 17.4 Å². The summed E-state index contributed by atoms with van der Waals surface area (Å²) in [5, 5.41) is 21.2. The van der Waals surface area contributed by atoms with Gasteiger partial charge in [-0.15, -0.1) is 0 Å². The van der Waals surface area contributed by atoms with Gasteiger partial charge in [0, 0.05) is 13.5 Å². The molecule has 1 aromatic rings. The Morgan fingerprint density at radius 1 is 1.40 bits per heavy atom. The van der Waals surface area contributed by atoms with Crippen LogP contribution in [0.25, 0.3) is 0 Å². The second-order valence-electron chi connectivity index (χ2n) is 3.50. The maximum Gasteiger partial charge on any atom is 0.216 e. The molecule has 0 fully saturated rings. The van der Waals surface area contributed by atoms with Gasteiger partial charge in [0.2, 0.25) is 5.91 Å². The van der Waals surface area contributed by atoms with Crippen LogP contribution in [-0.2, 0) is 11.2 Å². The van der Waals surface area contributed by atoms with Crippen LogP contribution in [0.5, 0.6) is 11.5 Å². The second-order valence-corrected chi connectivity index (χ2v) is 3.50. The minimum Gasteiger partial charge on any atom is -0.504 e. The molecule has 0 unspecified atom stereocenters. The van der Waals surface area contributed by atoms with Gasteiger partial charge in [-0.1, -0.05) is 5.46 Å². The number of phenolic OH excluding ortho intramolecular Hbond substituents is 2. The number of hydrogen-bond donors (Lipinski definition) is 3. The van der Waals surface area contributed by atoms with E-state index < -0.39 is 0 Å². The highest BCUT2D eigenvalue weighted by Crippen LogP contribution is 2.23. The van der Waals surface area contributed by atoms with Crippen molar-refractivity contribution >= 4 is 19.2 Å². The van der Waals surface area contributed by atoms with Gasteiger partial charge in [-0.3, -0.25) is 4.79 Å². The monoisotopic (exact) mass is 207 g/mol. The van der Waals surface area contributed by atoms with Crippen molar-refractivity contribution < 1.29 is 15.0 Å². The molecule has 0 atom stereocenters. The number of nitrogens with one attached hydrogen (secondary N) is 1. The first kappa shape index (κ1) is 11.4. The first-order chi connectivity index (χ1) is 7.00. The Balaban J connectivity index is 2.69. The van der Waals surface area contributed by atoms with Crippen LogP contribution in [-0.4, -0.2) is 30.5 Å². The lowest BCUT2D eigenvalue weighted by molar-refractivity contribution is -0.118. The summed E-state index contributed by atoms with van der Waals surface area (Å²) in [5.41, 5.74) is 1.81. The Hall–Kier alpha value is -1.65. The Labute approximate surface area is 89.3 Å². The van der Waals surface area contributed by atoms with E-state index in [9.17, 15) is 15.0 Å². The largest absolute Gasteiger partial charge is 0.504 e. The maximum atomic E-state index is 10.6. The predicted octanol–water partition coefficient (Wildman–Crippen LogP) is -0.965. The summed E-state index contributed by atoms with van der Waals surface area (Å²) in [6, 6.07) is 3.03. The zero-order valence-electron chi connectivity index (χ0n) is 8.87. The van der Waals surface area contributed by atoms with Crippen LogP contribution in [0, 0.1) is 0 Å². The molecule has 1 aromatic carbocycles. The molecule has 0 aliphatic carbocycles. The molecule has 0 saturated carbocycles.